The lowest BCUT2D eigenvalue weighted by Gasteiger charge is -2.20. The summed E-state index contributed by atoms with van der Waals surface area (Å²) in [6.07, 6.45) is 4.88. The lowest BCUT2D eigenvalue weighted by molar-refractivity contribution is 0.405. The maximum absolute atomic E-state index is 10.7. The van der Waals surface area contributed by atoms with Crippen molar-refractivity contribution in [1.29, 1.82) is 0 Å². The molecule has 0 rings (SSSR count). The van der Waals surface area contributed by atoms with E-state index >= 15 is 0 Å². The second kappa shape index (κ2) is 5.65. The van der Waals surface area contributed by atoms with Crippen LogP contribution in [0.3, 0.4) is 0 Å². The predicted molar refractivity (Wildman–Crippen MR) is 56.0 cm³/mol. The SMILES string of the molecule is CCCCCCCC(N)(N)S(=O)(=O)O. The fourth-order valence-electron chi connectivity index (χ4n) is 1.13. The van der Waals surface area contributed by atoms with Crippen molar-refractivity contribution in [3.05, 3.63) is 0 Å². The van der Waals surface area contributed by atoms with Gasteiger partial charge in [-0.05, 0) is 12.8 Å². The maximum atomic E-state index is 10.7. The van der Waals surface area contributed by atoms with E-state index in [2.05, 4.69) is 6.92 Å². The molecule has 5 N–H and O–H groups in total. The van der Waals surface area contributed by atoms with E-state index in [1.165, 1.54) is 0 Å². The zero-order chi connectivity index (χ0) is 11.2. The number of hydrogen-bond acceptors (Lipinski definition) is 4. The third-order valence-electron chi connectivity index (χ3n) is 2.15. The first-order valence-electron chi connectivity index (χ1n) is 4.86. The monoisotopic (exact) mass is 224 g/mol. The molecule has 0 saturated heterocycles. The van der Waals surface area contributed by atoms with Crippen LogP contribution in [0.15, 0.2) is 0 Å². The van der Waals surface area contributed by atoms with Crippen molar-refractivity contribution in [1.82, 2.24) is 0 Å². The smallest absolute Gasteiger partial charge is 0.297 e. The maximum Gasteiger partial charge on any atom is 0.297 e. The minimum atomic E-state index is -4.34. The molecule has 0 heterocycles. The Morgan fingerprint density at radius 3 is 2.07 bits per heavy atom. The Kier molecular flexibility index (Phi) is 5.58. The molecule has 0 aliphatic carbocycles. The molecule has 0 radical (unpaired) electrons. The summed E-state index contributed by atoms with van der Waals surface area (Å²) in [5.41, 5.74) is 10.5. The van der Waals surface area contributed by atoms with Crippen LogP contribution in [0.2, 0.25) is 0 Å². The molecule has 0 atom stereocenters. The molecule has 0 saturated carbocycles. The highest BCUT2D eigenvalue weighted by atomic mass is 32.2. The summed E-state index contributed by atoms with van der Waals surface area (Å²) in [7, 11) is -4.34. The van der Waals surface area contributed by atoms with Gasteiger partial charge in [0.25, 0.3) is 10.1 Å². The van der Waals surface area contributed by atoms with Crippen molar-refractivity contribution in [3.63, 3.8) is 0 Å². The van der Waals surface area contributed by atoms with E-state index in [-0.39, 0.29) is 6.42 Å². The summed E-state index contributed by atoms with van der Waals surface area (Å²) in [6.45, 7) is 2.09. The first-order chi connectivity index (χ1) is 6.31. The van der Waals surface area contributed by atoms with E-state index in [1.807, 2.05) is 0 Å². The quantitative estimate of drug-likeness (QED) is 0.337. The van der Waals surface area contributed by atoms with Crippen LogP contribution in [0.25, 0.3) is 0 Å². The molecule has 0 aromatic rings. The zero-order valence-corrected chi connectivity index (χ0v) is 9.39. The number of rotatable bonds is 7. The summed E-state index contributed by atoms with van der Waals surface area (Å²) in [6, 6.07) is 0. The summed E-state index contributed by atoms with van der Waals surface area (Å²) < 4.78 is 30.0. The molecule has 0 unspecified atom stereocenters. The molecule has 0 fully saturated rings. The van der Waals surface area contributed by atoms with Gasteiger partial charge in [-0.15, -0.1) is 0 Å². The molecule has 0 aromatic carbocycles. The first kappa shape index (κ1) is 13.8. The largest absolute Gasteiger partial charge is 0.299 e. The molecule has 6 heteroatoms. The Balaban J connectivity index is 3.79. The minimum Gasteiger partial charge on any atom is -0.299 e. The zero-order valence-electron chi connectivity index (χ0n) is 8.57. The third kappa shape index (κ3) is 4.90. The highest BCUT2D eigenvalue weighted by Gasteiger charge is 2.33. The fourth-order valence-corrected chi connectivity index (χ4v) is 1.54. The van der Waals surface area contributed by atoms with Crippen molar-refractivity contribution >= 4 is 10.1 Å². The van der Waals surface area contributed by atoms with Crippen LogP contribution in [0.4, 0.5) is 0 Å². The molecular weight excluding hydrogens is 204 g/mol. The van der Waals surface area contributed by atoms with Gasteiger partial charge in [0.1, 0.15) is 0 Å². The summed E-state index contributed by atoms with van der Waals surface area (Å²) in [5.74, 6) is 0. The molecule has 5 nitrogen and oxygen atoms in total. The van der Waals surface area contributed by atoms with Crippen molar-refractivity contribution in [2.24, 2.45) is 11.5 Å². The molecule has 0 spiro atoms. The average Bonchev–Trinajstić information content (AvgIpc) is 2.02. The number of nitrogens with two attached hydrogens (primary N) is 2. The van der Waals surface area contributed by atoms with Gasteiger partial charge in [-0.2, -0.15) is 8.42 Å². The van der Waals surface area contributed by atoms with Gasteiger partial charge < -0.3 is 0 Å². The van der Waals surface area contributed by atoms with Crippen LogP contribution >= 0.6 is 0 Å². The van der Waals surface area contributed by atoms with Crippen LogP contribution in [0, 0.1) is 0 Å². The lowest BCUT2D eigenvalue weighted by atomic mass is 10.1. The molecular formula is C8H20N2O3S. The average molecular weight is 224 g/mol. The molecule has 0 aliphatic heterocycles. The van der Waals surface area contributed by atoms with E-state index in [1.54, 1.807) is 0 Å². The highest BCUT2D eigenvalue weighted by molar-refractivity contribution is 7.87. The minimum absolute atomic E-state index is 0.0928. The Morgan fingerprint density at radius 2 is 1.64 bits per heavy atom. The summed E-state index contributed by atoms with van der Waals surface area (Å²) in [4.78, 5) is -1.99. The van der Waals surface area contributed by atoms with Gasteiger partial charge in [0.15, 0.2) is 4.99 Å². The molecule has 14 heavy (non-hydrogen) atoms. The summed E-state index contributed by atoms with van der Waals surface area (Å²) in [5, 5.41) is 0. The van der Waals surface area contributed by atoms with E-state index in [9.17, 15) is 8.42 Å². The molecule has 0 aromatic heterocycles. The fraction of sp³-hybridized carbons (Fsp3) is 1.00. The molecule has 0 amide bonds. The molecule has 0 aliphatic rings. The van der Waals surface area contributed by atoms with E-state index in [0.29, 0.717) is 6.42 Å². The van der Waals surface area contributed by atoms with Crippen molar-refractivity contribution in [3.8, 4) is 0 Å². The van der Waals surface area contributed by atoms with Crippen LogP contribution in [0.1, 0.15) is 45.4 Å². The van der Waals surface area contributed by atoms with E-state index < -0.39 is 15.1 Å². The van der Waals surface area contributed by atoms with Crippen LogP contribution in [0.5, 0.6) is 0 Å². The van der Waals surface area contributed by atoms with Gasteiger partial charge in [0.2, 0.25) is 0 Å². The standard InChI is InChI=1S/C8H20N2O3S/c1-2-3-4-5-6-7-8(9,10)14(11,12)13/h2-7,9-10H2,1H3,(H,11,12,13). The van der Waals surface area contributed by atoms with Gasteiger partial charge in [-0.3, -0.25) is 16.0 Å². The van der Waals surface area contributed by atoms with Crippen molar-refractivity contribution < 1.29 is 13.0 Å². The van der Waals surface area contributed by atoms with Crippen LogP contribution in [-0.2, 0) is 10.1 Å². The highest BCUT2D eigenvalue weighted by Crippen LogP contribution is 2.13. The van der Waals surface area contributed by atoms with Gasteiger partial charge in [0.05, 0.1) is 0 Å². The Bertz CT molecular complexity index is 249. The van der Waals surface area contributed by atoms with Crippen LogP contribution in [-0.4, -0.2) is 18.0 Å². The van der Waals surface area contributed by atoms with Crippen molar-refractivity contribution in [2.45, 2.75) is 50.4 Å². The van der Waals surface area contributed by atoms with E-state index in [4.69, 9.17) is 16.0 Å². The number of hydrogen-bond donors (Lipinski definition) is 3. The number of unbranched alkanes of at least 4 members (excludes halogenated alkanes) is 4. The first-order valence-corrected chi connectivity index (χ1v) is 6.30. The molecule has 86 valence electrons. The lowest BCUT2D eigenvalue weighted by Crippen LogP contribution is -2.55. The predicted octanol–water partition coefficient (Wildman–Crippen LogP) is 0.806. The van der Waals surface area contributed by atoms with Gasteiger partial charge >= 0.3 is 0 Å². The summed E-state index contributed by atoms with van der Waals surface area (Å²) >= 11 is 0. The topological polar surface area (TPSA) is 106 Å². The Labute approximate surface area is 85.6 Å². The normalized spacial score (nSPS) is 13.1. The van der Waals surface area contributed by atoms with Gasteiger partial charge in [-0.1, -0.05) is 32.6 Å². The Hall–Kier alpha value is -0.170. The van der Waals surface area contributed by atoms with E-state index in [0.717, 1.165) is 25.7 Å². The molecule has 0 bridgehead atoms. The van der Waals surface area contributed by atoms with Gasteiger partial charge in [-0.25, -0.2) is 0 Å². The Morgan fingerprint density at radius 1 is 1.14 bits per heavy atom. The van der Waals surface area contributed by atoms with Gasteiger partial charge in [0, 0.05) is 0 Å². The van der Waals surface area contributed by atoms with Crippen LogP contribution < -0.4 is 11.5 Å². The second-order valence-corrected chi connectivity index (χ2v) is 5.30. The van der Waals surface area contributed by atoms with Crippen molar-refractivity contribution in [2.75, 3.05) is 0 Å². The third-order valence-corrected chi connectivity index (χ3v) is 3.32. The second-order valence-electron chi connectivity index (χ2n) is 3.59.